The van der Waals surface area contributed by atoms with E-state index in [2.05, 4.69) is 31.2 Å². The zero-order valence-corrected chi connectivity index (χ0v) is 17.3. The average Bonchev–Trinajstić information content (AvgIpc) is 2.67. The summed E-state index contributed by atoms with van der Waals surface area (Å²) in [5, 5.41) is 0. The largest absolute Gasteiger partial charge is 0.353 e. The van der Waals surface area contributed by atoms with Crippen molar-refractivity contribution < 1.29 is 9.47 Å². The van der Waals surface area contributed by atoms with Crippen LogP contribution in [0.4, 0.5) is 0 Å². The van der Waals surface area contributed by atoms with E-state index in [1.807, 2.05) is 13.8 Å². The van der Waals surface area contributed by atoms with Crippen LogP contribution in [0.3, 0.4) is 0 Å². The van der Waals surface area contributed by atoms with Gasteiger partial charge >= 0.3 is 0 Å². The summed E-state index contributed by atoms with van der Waals surface area (Å²) in [5.74, 6) is 0. The van der Waals surface area contributed by atoms with Gasteiger partial charge < -0.3 is 9.47 Å². The number of hydrogen-bond acceptors (Lipinski definition) is 2. The van der Waals surface area contributed by atoms with Crippen LogP contribution in [0.5, 0.6) is 0 Å². The summed E-state index contributed by atoms with van der Waals surface area (Å²) in [7, 11) is 0. The van der Waals surface area contributed by atoms with E-state index in [1.165, 1.54) is 70.6 Å². The molecule has 1 unspecified atom stereocenters. The molecule has 148 valence electrons. The summed E-state index contributed by atoms with van der Waals surface area (Å²) in [6.07, 6.45) is 25.6. The van der Waals surface area contributed by atoms with Gasteiger partial charge in [-0.1, -0.05) is 57.9 Å². The second-order valence-corrected chi connectivity index (χ2v) is 6.53. The molecule has 0 saturated carbocycles. The molecule has 1 fully saturated rings. The van der Waals surface area contributed by atoms with E-state index < -0.39 is 0 Å². The van der Waals surface area contributed by atoms with E-state index in [0.717, 1.165) is 26.1 Å². The third-order valence-corrected chi connectivity index (χ3v) is 4.24. The maximum Gasteiger partial charge on any atom is 0.157 e. The van der Waals surface area contributed by atoms with Crippen LogP contribution in [0.15, 0.2) is 24.3 Å². The van der Waals surface area contributed by atoms with Crippen molar-refractivity contribution in [3.8, 4) is 0 Å². The lowest BCUT2D eigenvalue weighted by Crippen LogP contribution is -2.22. The van der Waals surface area contributed by atoms with Gasteiger partial charge in [0.25, 0.3) is 0 Å². The van der Waals surface area contributed by atoms with Crippen molar-refractivity contribution in [2.45, 2.75) is 111 Å². The van der Waals surface area contributed by atoms with Crippen molar-refractivity contribution in [3.05, 3.63) is 24.3 Å². The van der Waals surface area contributed by atoms with Crippen LogP contribution in [0.1, 0.15) is 104 Å². The van der Waals surface area contributed by atoms with Crippen LogP contribution >= 0.6 is 0 Å². The molecular weight excluding hydrogens is 308 g/mol. The molecule has 0 N–H and O–H groups in total. The van der Waals surface area contributed by atoms with Gasteiger partial charge in [-0.3, -0.25) is 0 Å². The Morgan fingerprint density at radius 2 is 1.40 bits per heavy atom. The first-order valence-corrected chi connectivity index (χ1v) is 11.0. The highest BCUT2D eigenvalue weighted by Crippen LogP contribution is 2.14. The molecule has 0 aromatic heterocycles. The molecule has 0 bridgehead atoms. The van der Waals surface area contributed by atoms with Gasteiger partial charge in [-0.25, -0.2) is 0 Å². The third kappa shape index (κ3) is 18.0. The van der Waals surface area contributed by atoms with Crippen LogP contribution in [0.25, 0.3) is 0 Å². The zero-order valence-electron chi connectivity index (χ0n) is 17.3. The van der Waals surface area contributed by atoms with Gasteiger partial charge in [-0.05, 0) is 70.6 Å². The Morgan fingerprint density at radius 1 is 0.800 bits per heavy atom. The fraction of sp³-hybridized carbons (Fsp3) is 0.826. The molecule has 2 heteroatoms. The van der Waals surface area contributed by atoms with Crippen molar-refractivity contribution in [2.24, 2.45) is 0 Å². The molecule has 1 aliphatic heterocycles. The van der Waals surface area contributed by atoms with Crippen molar-refractivity contribution in [1.82, 2.24) is 0 Å². The van der Waals surface area contributed by atoms with E-state index in [0.29, 0.717) is 0 Å². The first kappa shape index (κ1) is 24.4. The molecular formula is C23H44O2. The van der Waals surface area contributed by atoms with Crippen molar-refractivity contribution in [1.29, 1.82) is 0 Å². The van der Waals surface area contributed by atoms with Gasteiger partial charge in [0.2, 0.25) is 0 Å². The smallest absolute Gasteiger partial charge is 0.157 e. The SMILES string of the molecule is CC.CCC/C=C\CCCC/C=C\CCCCCOC1CCCCO1. The molecule has 1 saturated heterocycles. The average molecular weight is 353 g/mol. The molecule has 1 heterocycles. The number of unbranched alkanes of at least 4 members (excludes halogenated alkanes) is 7. The summed E-state index contributed by atoms with van der Waals surface area (Å²) in [6, 6.07) is 0. The Balaban J connectivity index is 0.00000277. The molecule has 1 aliphatic rings. The van der Waals surface area contributed by atoms with Crippen LogP contribution in [0, 0.1) is 0 Å². The van der Waals surface area contributed by atoms with Gasteiger partial charge in [0.15, 0.2) is 6.29 Å². The van der Waals surface area contributed by atoms with E-state index in [1.54, 1.807) is 0 Å². The fourth-order valence-corrected chi connectivity index (χ4v) is 2.76. The maximum atomic E-state index is 5.74. The molecule has 25 heavy (non-hydrogen) atoms. The van der Waals surface area contributed by atoms with Crippen LogP contribution in [-0.4, -0.2) is 19.5 Å². The van der Waals surface area contributed by atoms with E-state index in [9.17, 15) is 0 Å². The lowest BCUT2D eigenvalue weighted by Gasteiger charge is -2.22. The Morgan fingerprint density at radius 3 is 1.96 bits per heavy atom. The normalized spacial score (nSPS) is 17.8. The lowest BCUT2D eigenvalue weighted by atomic mass is 10.1. The lowest BCUT2D eigenvalue weighted by molar-refractivity contribution is -0.162. The van der Waals surface area contributed by atoms with E-state index >= 15 is 0 Å². The predicted octanol–water partition coefficient (Wildman–Crippen LogP) is 7.59. The molecule has 0 amide bonds. The summed E-state index contributed by atoms with van der Waals surface area (Å²) >= 11 is 0. The third-order valence-electron chi connectivity index (χ3n) is 4.24. The molecule has 2 nitrogen and oxygen atoms in total. The predicted molar refractivity (Wildman–Crippen MR) is 111 cm³/mol. The monoisotopic (exact) mass is 352 g/mol. The van der Waals surface area contributed by atoms with Crippen molar-refractivity contribution in [2.75, 3.05) is 13.2 Å². The second-order valence-electron chi connectivity index (χ2n) is 6.53. The number of ether oxygens (including phenoxy) is 2. The fourth-order valence-electron chi connectivity index (χ4n) is 2.76. The van der Waals surface area contributed by atoms with Crippen LogP contribution < -0.4 is 0 Å². The Kier molecular flexibility index (Phi) is 20.9. The molecule has 0 aromatic rings. The quantitative estimate of drug-likeness (QED) is 0.237. The van der Waals surface area contributed by atoms with E-state index in [4.69, 9.17) is 9.47 Å². The highest BCUT2D eigenvalue weighted by atomic mass is 16.7. The van der Waals surface area contributed by atoms with Crippen LogP contribution in [-0.2, 0) is 9.47 Å². The summed E-state index contributed by atoms with van der Waals surface area (Å²) in [4.78, 5) is 0. The van der Waals surface area contributed by atoms with Crippen LogP contribution in [0.2, 0.25) is 0 Å². The van der Waals surface area contributed by atoms with Crippen molar-refractivity contribution >= 4 is 0 Å². The van der Waals surface area contributed by atoms with Crippen molar-refractivity contribution in [3.63, 3.8) is 0 Å². The topological polar surface area (TPSA) is 18.5 Å². The summed E-state index contributed by atoms with van der Waals surface area (Å²) in [5.41, 5.74) is 0. The van der Waals surface area contributed by atoms with Gasteiger partial charge in [0, 0.05) is 13.2 Å². The van der Waals surface area contributed by atoms with Gasteiger partial charge in [-0.2, -0.15) is 0 Å². The minimum absolute atomic E-state index is 0.0838. The summed E-state index contributed by atoms with van der Waals surface area (Å²) in [6.45, 7) is 7.97. The van der Waals surface area contributed by atoms with Gasteiger partial charge in [-0.15, -0.1) is 0 Å². The van der Waals surface area contributed by atoms with E-state index in [-0.39, 0.29) is 6.29 Å². The Hall–Kier alpha value is -0.600. The number of rotatable bonds is 14. The maximum absolute atomic E-state index is 5.74. The summed E-state index contributed by atoms with van der Waals surface area (Å²) < 4.78 is 11.3. The number of allylic oxidation sites excluding steroid dienone is 4. The Labute approximate surface area is 158 Å². The first-order chi connectivity index (χ1) is 12.4. The highest BCUT2D eigenvalue weighted by molar-refractivity contribution is 4.83. The Bertz CT molecular complexity index is 290. The second kappa shape index (κ2) is 21.4. The number of hydrogen-bond donors (Lipinski definition) is 0. The van der Waals surface area contributed by atoms with Gasteiger partial charge in [0.1, 0.15) is 0 Å². The molecule has 0 radical (unpaired) electrons. The molecule has 1 rings (SSSR count). The molecule has 0 aliphatic carbocycles. The first-order valence-electron chi connectivity index (χ1n) is 11.0. The molecule has 0 spiro atoms. The highest BCUT2D eigenvalue weighted by Gasteiger charge is 2.12. The minimum atomic E-state index is 0.0838. The zero-order chi connectivity index (χ0) is 18.4. The minimum Gasteiger partial charge on any atom is -0.353 e. The standard InChI is InChI=1S/C21H38O2.C2H6/c1-2-3-4-5-6-7-8-9-10-11-12-13-14-16-19-22-21-18-15-17-20-23-21;1-2/h4-5,10-11,21H,2-3,6-9,12-20H2,1H3;1-2H3/b5-4-,11-10-;. The molecule has 1 atom stereocenters. The van der Waals surface area contributed by atoms with Gasteiger partial charge in [0.05, 0.1) is 0 Å². The molecule has 0 aromatic carbocycles.